The first kappa shape index (κ1) is 53.0. The predicted octanol–water partition coefficient (Wildman–Crippen LogP) is 19.5. The van der Waals surface area contributed by atoms with Gasteiger partial charge in [0.25, 0.3) is 0 Å². The van der Waals surface area contributed by atoms with Crippen LogP contribution in [0.3, 0.4) is 0 Å². The molecule has 0 radical (unpaired) electrons. The van der Waals surface area contributed by atoms with Gasteiger partial charge in [-0.05, 0) is 19.3 Å². The first-order valence-electron chi connectivity index (χ1n) is 26.0. The number of unbranched alkanes of at least 4 members (excludes halogenated alkanes) is 42. The maximum absolute atomic E-state index is 7.26. The summed E-state index contributed by atoms with van der Waals surface area (Å²) in [4.78, 5) is 0. The third kappa shape index (κ3) is 44.5. The minimum atomic E-state index is 0.115. The lowest BCUT2D eigenvalue weighted by Crippen LogP contribution is -2.39. The smallest absolute Gasteiger partial charge is 0.0154 e. The number of hydrogen-bond acceptors (Lipinski definition) is 1. The van der Waals surface area contributed by atoms with Crippen molar-refractivity contribution in [2.75, 3.05) is 0 Å². The molecule has 0 aromatic rings. The van der Waals surface area contributed by atoms with Gasteiger partial charge in [-0.2, -0.15) is 0 Å². The van der Waals surface area contributed by atoms with Crippen molar-refractivity contribution < 1.29 is 0 Å². The molecule has 0 fully saturated rings. The molecule has 0 saturated heterocycles. The van der Waals surface area contributed by atoms with Gasteiger partial charge in [0.05, 0.1) is 0 Å². The van der Waals surface area contributed by atoms with Crippen molar-refractivity contribution in [1.29, 1.82) is 0 Å². The molecule has 0 atom stereocenters. The van der Waals surface area contributed by atoms with Gasteiger partial charge < -0.3 is 5.73 Å². The van der Waals surface area contributed by atoms with Gasteiger partial charge in [-0.25, -0.2) is 0 Å². The van der Waals surface area contributed by atoms with E-state index in [1.165, 1.54) is 308 Å². The Morgan fingerprint density at radius 2 is 0.302 bits per heavy atom. The average Bonchev–Trinajstić information content (AvgIpc) is 3.16. The van der Waals surface area contributed by atoms with Crippen molar-refractivity contribution in [3.63, 3.8) is 0 Å². The van der Waals surface area contributed by atoms with E-state index in [9.17, 15) is 0 Å². The Bertz CT molecular complexity index is 591. The van der Waals surface area contributed by atoms with Gasteiger partial charge >= 0.3 is 0 Å². The fourth-order valence-electron chi connectivity index (χ4n) is 8.92. The first-order chi connectivity index (χ1) is 26.2. The van der Waals surface area contributed by atoms with E-state index in [0.29, 0.717) is 0 Å². The van der Waals surface area contributed by atoms with E-state index in [2.05, 4.69) is 20.8 Å². The monoisotopic (exact) mass is 746 g/mol. The van der Waals surface area contributed by atoms with Gasteiger partial charge in [-0.15, -0.1) is 0 Å². The van der Waals surface area contributed by atoms with Crippen molar-refractivity contribution in [3.8, 4) is 0 Å². The summed E-state index contributed by atoms with van der Waals surface area (Å²) in [6, 6.07) is 0. The number of rotatable bonds is 48. The van der Waals surface area contributed by atoms with Gasteiger partial charge in [0.1, 0.15) is 0 Å². The summed E-state index contributed by atoms with van der Waals surface area (Å²) in [6.45, 7) is 6.95. The highest BCUT2D eigenvalue weighted by Crippen LogP contribution is 2.27. The van der Waals surface area contributed by atoms with Gasteiger partial charge in [0.2, 0.25) is 0 Å². The standard InChI is InChI=1S/C52H107N/c1-4-7-10-13-16-19-22-25-27-29-32-35-38-41-44-47-50-52(53,49-46-43-40-37-34-31-24-21-18-15-12-9-6-3)51-48-45-42-39-36-33-30-28-26-23-20-17-14-11-8-5-2/h4-51,53H2,1-3H3. The molecular formula is C52H107N. The third-order valence-corrected chi connectivity index (χ3v) is 12.8. The van der Waals surface area contributed by atoms with E-state index < -0.39 is 0 Å². The van der Waals surface area contributed by atoms with E-state index in [4.69, 9.17) is 5.73 Å². The zero-order valence-electron chi connectivity index (χ0n) is 38.0. The molecule has 0 saturated carbocycles. The maximum atomic E-state index is 7.26. The van der Waals surface area contributed by atoms with Crippen LogP contribution in [-0.4, -0.2) is 5.54 Å². The van der Waals surface area contributed by atoms with Crippen molar-refractivity contribution in [2.24, 2.45) is 5.73 Å². The molecule has 0 rings (SSSR count). The van der Waals surface area contributed by atoms with E-state index >= 15 is 0 Å². The lowest BCUT2D eigenvalue weighted by Gasteiger charge is -2.30. The molecule has 2 N–H and O–H groups in total. The summed E-state index contributed by atoms with van der Waals surface area (Å²) in [6.07, 6.45) is 68.9. The Morgan fingerprint density at radius 3 is 0.434 bits per heavy atom. The van der Waals surface area contributed by atoms with Crippen molar-refractivity contribution >= 4 is 0 Å². The van der Waals surface area contributed by atoms with E-state index in [1.54, 1.807) is 0 Å². The van der Waals surface area contributed by atoms with Gasteiger partial charge in [0, 0.05) is 5.54 Å². The summed E-state index contributed by atoms with van der Waals surface area (Å²) in [5.41, 5.74) is 7.37. The molecule has 0 bridgehead atoms. The second-order valence-corrected chi connectivity index (χ2v) is 18.5. The second kappa shape index (κ2) is 46.3. The number of hydrogen-bond donors (Lipinski definition) is 1. The van der Waals surface area contributed by atoms with Crippen LogP contribution in [0, 0.1) is 0 Å². The zero-order valence-corrected chi connectivity index (χ0v) is 38.0. The van der Waals surface area contributed by atoms with Crippen LogP contribution in [0.2, 0.25) is 0 Å². The summed E-state index contributed by atoms with van der Waals surface area (Å²) >= 11 is 0. The Balaban J connectivity index is 4.06. The van der Waals surface area contributed by atoms with Crippen molar-refractivity contribution in [1.82, 2.24) is 0 Å². The van der Waals surface area contributed by atoms with Gasteiger partial charge in [0.15, 0.2) is 0 Å². The Hall–Kier alpha value is -0.0400. The number of nitrogens with two attached hydrogens (primary N) is 1. The molecule has 53 heavy (non-hydrogen) atoms. The van der Waals surface area contributed by atoms with Crippen LogP contribution in [0.1, 0.15) is 329 Å². The molecule has 0 heterocycles. The summed E-state index contributed by atoms with van der Waals surface area (Å²) in [5.74, 6) is 0. The van der Waals surface area contributed by atoms with Crippen LogP contribution in [-0.2, 0) is 0 Å². The van der Waals surface area contributed by atoms with Crippen LogP contribution >= 0.6 is 0 Å². The highest BCUT2D eigenvalue weighted by atomic mass is 14.7. The Labute approximate surface area is 339 Å². The fourth-order valence-corrected chi connectivity index (χ4v) is 8.92. The molecule has 1 heteroatoms. The quantitative estimate of drug-likeness (QED) is 0.0617. The molecule has 0 amide bonds. The van der Waals surface area contributed by atoms with E-state index in [-0.39, 0.29) is 5.54 Å². The molecule has 0 aromatic heterocycles. The molecule has 0 aliphatic rings. The molecular weight excluding hydrogens is 639 g/mol. The molecule has 320 valence electrons. The molecule has 1 nitrogen and oxygen atoms in total. The largest absolute Gasteiger partial charge is 0.325 e. The van der Waals surface area contributed by atoms with Crippen molar-refractivity contribution in [2.45, 2.75) is 335 Å². The lowest BCUT2D eigenvalue weighted by atomic mass is 9.82. The third-order valence-electron chi connectivity index (χ3n) is 12.8. The second-order valence-electron chi connectivity index (χ2n) is 18.5. The molecule has 0 aliphatic carbocycles. The van der Waals surface area contributed by atoms with Gasteiger partial charge in [-0.3, -0.25) is 0 Å². The summed E-state index contributed by atoms with van der Waals surface area (Å²) < 4.78 is 0. The normalized spacial score (nSPS) is 12.0. The Kier molecular flexibility index (Phi) is 46.3. The highest BCUT2D eigenvalue weighted by molar-refractivity contribution is 4.84. The lowest BCUT2D eigenvalue weighted by molar-refractivity contribution is 0.302. The SMILES string of the molecule is CCCCCCCCCCCCCCCCCCC(N)(CCCCCCCCCCCCCCC)CCCCCCCCCCCCCCCCCC. The predicted molar refractivity (Wildman–Crippen MR) is 246 cm³/mol. The minimum absolute atomic E-state index is 0.115. The van der Waals surface area contributed by atoms with Crippen LogP contribution in [0.25, 0.3) is 0 Å². The first-order valence-corrected chi connectivity index (χ1v) is 26.0. The minimum Gasteiger partial charge on any atom is -0.325 e. The van der Waals surface area contributed by atoms with Crippen LogP contribution in [0.4, 0.5) is 0 Å². The molecule has 0 aliphatic heterocycles. The summed E-state index contributed by atoms with van der Waals surface area (Å²) in [7, 11) is 0. The highest BCUT2D eigenvalue weighted by Gasteiger charge is 2.23. The topological polar surface area (TPSA) is 26.0 Å². The molecule has 0 spiro atoms. The van der Waals surface area contributed by atoms with E-state index in [1.807, 2.05) is 0 Å². The average molecular weight is 746 g/mol. The van der Waals surface area contributed by atoms with E-state index in [0.717, 1.165) is 0 Å². The van der Waals surface area contributed by atoms with Crippen molar-refractivity contribution in [3.05, 3.63) is 0 Å². The molecule has 0 unspecified atom stereocenters. The fraction of sp³-hybridized carbons (Fsp3) is 1.00. The molecule has 0 aromatic carbocycles. The van der Waals surface area contributed by atoms with Crippen LogP contribution in [0.15, 0.2) is 0 Å². The Morgan fingerprint density at radius 1 is 0.189 bits per heavy atom. The zero-order chi connectivity index (χ0) is 38.4. The maximum Gasteiger partial charge on any atom is 0.0154 e. The van der Waals surface area contributed by atoms with Crippen LogP contribution in [0.5, 0.6) is 0 Å². The summed E-state index contributed by atoms with van der Waals surface area (Å²) in [5, 5.41) is 0. The van der Waals surface area contributed by atoms with Gasteiger partial charge in [-0.1, -0.05) is 310 Å². The van der Waals surface area contributed by atoms with Crippen LogP contribution < -0.4 is 5.73 Å².